The molecule has 2 rings (SSSR count). The minimum absolute atomic E-state index is 0.0259. The van der Waals surface area contributed by atoms with Gasteiger partial charge in [0.2, 0.25) is 0 Å². The number of fused-ring (bicyclic) bond motifs is 1. The zero-order chi connectivity index (χ0) is 14.5. The van der Waals surface area contributed by atoms with Crippen molar-refractivity contribution in [3.63, 3.8) is 0 Å². The number of rotatable bonds is 6. The first-order valence-corrected chi connectivity index (χ1v) is 8.45. The van der Waals surface area contributed by atoms with Crippen molar-refractivity contribution in [3.8, 4) is 6.08 Å². The van der Waals surface area contributed by atoms with Crippen LogP contribution in [-0.2, 0) is 6.42 Å². The molecule has 0 N–H and O–H groups in total. The van der Waals surface area contributed by atoms with Crippen LogP contribution in [0.4, 0.5) is 0 Å². The van der Waals surface area contributed by atoms with Crippen LogP contribution in [0.5, 0.6) is 6.08 Å². The molecule has 108 valence electrons. The third-order valence-electron chi connectivity index (χ3n) is 2.86. The van der Waals surface area contributed by atoms with E-state index >= 15 is 0 Å². The lowest BCUT2D eigenvalue weighted by molar-refractivity contribution is 0.229. The Labute approximate surface area is 133 Å². The highest BCUT2D eigenvalue weighted by atomic mass is 79.9. The maximum absolute atomic E-state index is 12.1. The molecule has 0 aliphatic carbocycles. The van der Waals surface area contributed by atoms with Gasteiger partial charge in [0, 0.05) is 10.2 Å². The molecule has 0 amide bonds. The van der Waals surface area contributed by atoms with E-state index in [1.807, 2.05) is 19.1 Å². The van der Waals surface area contributed by atoms with Crippen LogP contribution in [0.25, 0.3) is 10.9 Å². The molecule has 20 heavy (non-hydrogen) atoms. The van der Waals surface area contributed by atoms with Gasteiger partial charge in [-0.15, -0.1) is 0 Å². The molecule has 4 nitrogen and oxygen atoms in total. The summed E-state index contributed by atoms with van der Waals surface area (Å²) in [6.07, 6.45) is 1.76. The maximum atomic E-state index is 12.1. The molecule has 0 radical (unpaired) electrons. The summed E-state index contributed by atoms with van der Waals surface area (Å²) in [4.78, 5) is 16.7. The van der Waals surface area contributed by atoms with Gasteiger partial charge in [-0.1, -0.05) is 44.0 Å². The molecule has 0 saturated carbocycles. The quantitative estimate of drug-likeness (QED) is 0.689. The van der Waals surface area contributed by atoms with Crippen LogP contribution in [0.3, 0.4) is 0 Å². The van der Waals surface area contributed by atoms with E-state index in [2.05, 4.69) is 36.8 Å². The summed E-state index contributed by atoms with van der Waals surface area (Å²) in [5.41, 5.74) is 1.16. The first kappa shape index (κ1) is 15.5. The van der Waals surface area contributed by atoms with Gasteiger partial charge in [-0.2, -0.15) is 4.98 Å². The van der Waals surface area contributed by atoms with E-state index in [9.17, 15) is 4.79 Å². The van der Waals surface area contributed by atoms with Gasteiger partial charge < -0.3 is 9.15 Å². The van der Waals surface area contributed by atoms with Crippen molar-refractivity contribution < 1.29 is 9.15 Å². The lowest BCUT2D eigenvalue weighted by atomic mass is 10.0. The second-order valence-electron chi connectivity index (χ2n) is 4.29. The largest absolute Gasteiger partial charge is 0.450 e. The highest BCUT2D eigenvalue weighted by Crippen LogP contribution is 2.21. The van der Waals surface area contributed by atoms with Crippen molar-refractivity contribution in [2.24, 2.45) is 0 Å². The van der Waals surface area contributed by atoms with E-state index < -0.39 is 5.63 Å². The molecule has 6 heteroatoms. The van der Waals surface area contributed by atoms with Crippen LogP contribution in [0.1, 0.15) is 18.9 Å². The van der Waals surface area contributed by atoms with Gasteiger partial charge in [-0.05, 0) is 31.4 Å². The molecule has 1 aromatic carbocycles. The molecule has 1 aromatic heterocycles. The predicted octanol–water partition coefficient (Wildman–Crippen LogP) is 3.68. The standard InChI is InChI=1S/C14H15Br2NO3/c1-2-19-14-17-11-5-3-4-9(8-10(16)6-7-15)12(11)13(18)20-14/h3-5,10H,2,6-8H2,1H3. The Kier molecular flexibility index (Phi) is 5.60. The third-order valence-corrected chi connectivity index (χ3v) is 4.10. The third kappa shape index (κ3) is 3.61. The van der Waals surface area contributed by atoms with Crippen molar-refractivity contribution in [2.45, 2.75) is 24.6 Å². The van der Waals surface area contributed by atoms with E-state index in [0.29, 0.717) is 22.3 Å². The Hall–Kier alpha value is -0.880. The average molecular weight is 405 g/mol. The van der Waals surface area contributed by atoms with Gasteiger partial charge in [-0.3, -0.25) is 0 Å². The molecule has 0 bridgehead atoms. The summed E-state index contributed by atoms with van der Waals surface area (Å²) in [6, 6.07) is 5.63. The summed E-state index contributed by atoms with van der Waals surface area (Å²) in [5.74, 6) is 0. The molecule has 1 unspecified atom stereocenters. The van der Waals surface area contributed by atoms with Gasteiger partial charge in [0.05, 0.1) is 17.5 Å². The highest BCUT2D eigenvalue weighted by Gasteiger charge is 2.13. The molecule has 0 aliphatic rings. The topological polar surface area (TPSA) is 52.3 Å². The Bertz CT molecular complexity index is 642. The molecule has 2 aromatic rings. The summed E-state index contributed by atoms with van der Waals surface area (Å²) < 4.78 is 10.3. The van der Waals surface area contributed by atoms with Gasteiger partial charge in [0.25, 0.3) is 0 Å². The van der Waals surface area contributed by atoms with Crippen molar-refractivity contribution in [1.82, 2.24) is 4.98 Å². The fourth-order valence-corrected chi connectivity index (χ4v) is 3.73. The van der Waals surface area contributed by atoms with Crippen molar-refractivity contribution in [1.29, 1.82) is 0 Å². The molecule has 0 aliphatic heterocycles. The first-order chi connectivity index (χ1) is 9.65. The van der Waals surface area contributed by atoms with E-state index in [0.717, 1.165) is 23.7 Å². The Morgan fingerprint density at radius 2 is 2.25 bits per heavy atom. The summed E-state index contributed by atoms with van der Waals surface area (Å²) in [7, 11) is 0. The van der Waals surface area contributed by atoms with E-state index in [4.69, 9.17) is 9.15 Å². The number of benzene rings is 1. The Morgan fingerprint density at radius 1 is 1.45 bits per heavy atom. The van der Waals surface area contributed by atoms with Gasteiger partial charge in [-0.25, -0.2) is 4.79 Å². The number of hydrogen-bond acceptors (Lipinski definition) is 4. The van der Waals surface area contributed by atoms with Crippen LogP contribution in [0, 0.1) is 0 Å². The number of hydrogen-bond donors (Lipinski definition) is 0. The normalized spacial score (nSPS) is 12.6. The number of halogens is 2. The molecule has 1 heterocycles. The zero-order valence-corrected chi connectivity index (χ0v) is 14.2. The molecule has 0 fully saturated rings. The molecule has 0 spiro atoms. The zero-order valence-electron chi connectivity index (χ0n) is 11.1. The fourth-order valence-electron chi connectivity index (χ4n) is 1.98. The minimum atomic E-state index is -0.396. The number of nitrogens with zero attached hydrogens (tertiary/aromatic N) is 1. The molecular formula is C14H15Br2NO3. The van der Waals surface area contributed by atoms with Crippen molar-refractivity contribution >= 4 is 42.8 Å². The summed E-state index contributed by atoms with van der Waals surface area (Å²) in [5, 5.41) is 1.45. The van der Waals surface area contributed by atoms with Gasteiger partial charge in [0.1, 0.15) is 0 Å². The van der Waals surface area contributed by atoms with E-state index in [1.54, 1.807) is 6.07 Å². The van der Waals surface area contributed by atoms with E-state index in [1.165, 1.54) is 0 Å². The highest BCUT2D eigenvalue weighted by molar-refractivity contribution is 9.10. The summed E-state index contributed by atoms with van der Waals surface area (Å²) in [6.45, 7) is 2.23. The lowest BCUT2D eigenvalue weighted by Gasteiger charge is -2.10. The van der Waals surface area contributed by atoms with E-state index in [-0.39, 0.29) is 6.08 Å². The minimum Gasteiger partial charge on any atom is -0.450 e. The Morgan fingerprint density at radius 3 is 2.95 bits per heavy atom. The maximum Gasteiger partial charge on any atom is 0.397 e. The molecule has 0 saturated heterocycles. The number of ether oxygens (including phenoxy) is 1. The van der Waals surface area contributed by atoms with Crippen LogP contribution >= 0.6 is 31.9 Å². The van der Waals surface area contributed by atoms with Crippen LogP contribution in [-0.4, -0.2) is 21.7 Å². The van der Waals surface area contributed by atoms with Gasteiger partial charge >= 0.3 is 11.7 Å². The fraction of sp³-hybridized carbons (Fsp3) is 0.429. The molecular weight excluding hydrogens is 390 g/mol. The molecule has 1 atom stereocenters. The SMILES string of the molecule is CCOc1nc2cccc(CC(Br)CCBr)c2c(=O)o1. The van der Waals surface area contributed by atoms with Crippen LogP contribution in [0.2, 0.25) is 0 Å². The smallest absolute Gasteiger partial charge is 0.397 e. The first-order valence-electron chi connectivity index (χ1n) is 6.41. The second kappa shape index (κ2) is 7.22. The van der Waals surface area contributed by atoms with Crippen molar-refractivity contribution in [3.05, 3.63) is 34.2 Å². The number of aromatic nitrogens is 1. The lowest BCUT2D eigenvalue weighted by Crippen LogP contribution is -2.10. The second-order valence-corrected chi connectivity index (χ2v) is 6.38. The van der Waals surface area contributed by atoms with Crippen LogP contribution in [0.15, 0.2) is 27.4 Å². The monoisotopic (exact) mass is 403 g/mol. The number of alkyl halides is 2. The van der Waals surface area contributed by atoms with Crippen LogP contribution < -0.4 is 10.4 Å². The Balaban J connectivity index is 2.44. The van der Waals surface area contributed by atoms with Crippen molar-refractivity contribution in [2.75, 3.05) is 11.9 Å². The van der Waals surface area contributed by atoms with Gasteiger partial charge in [0.15, 0.2) is 0 Å². The average Bonchev–Trinajstić information content (AvgIpc) is 2.39. The predicted molar refractivity (Wildman–Crippen MR) is 86.3 cm³/mol. The summed E-state index contributed by atoms with van der Waals surface area (Å²) >= 11 is 7.03.